The molecule has 0 saturated heterocycles. The lowest BCUT2D eigenvalue weighted by Crippen LogP contribution is -2.47. The highest BCUT2D eigenvalue weighted by Crippen LogP contribution is 2.37. The van der Waals surface area contributed by atoms with E-state index in [1.54, 1.807) is 0 Å². The Kier molecular flexibility index (Phi) is 6.50. The number of hydrogen-bond donors (Lipinski definition) is 0. The van der Waals surface area contributed by atoms with E-state index in [2.05, 4.69) is 34.1 Å². The monoisotopic (exact) mass is 496 g/mol. The van der Waals surface area contributed by atoms with Crippen molar-refractivity contribution in [3.8, 4) is 11.5 Å². The molecule has 4 aliphatic rings. The van der Waals surface area contributed by atoms with E-state index in [0.717, 1.165) is 76.0 Å². The number of benzene rings is 2. The maximum absolute atomic E-state index is 13.6. The van der Waals surface area contributed by atoms with Crippen LogP contribution >= 0.6 is 0 Å². The standard InChI is InChI=1S/C28H36N2O4S/c31-35(32,25-13-9-23(10-14-25)29-17-21-5-1-3-7-27(21)33-19-29)26-15-11-24(12-16-26)30-18-22-6-2-4-8-28(22)34-20-30/h1-8,23-26H,9-20H2. The summed E-state index contributed by atoms with van der Waals surface area (Å²) in [4.78, 5) is 4.77. The number of rotatable bonds is 4. The third-order valence-corrected chi connectivity index (χ3v) is 11.5. The number of nitrogens with zero attached hydrogens (tertiary/aromatic N) is 2. The summed E-state index contributed by atoms with van der Waals surface area (Å²) in [6.45, 7) is 3.00. The number of para-hydroxylation sites is 2. The van der Waals surface area contributed by atoms with Crippen LogP contribution in [0.1, 0.15) is 62.5 Å². The Balaban J connectivity index is 1.01. The predicted octanol–water partition coefficient (Wildman–Crippen LogP) is 4.73. The van der Waals surface area contributed by atoms with Crippen molar-refractivity contribution in [1.29, 1.82) is 0 Å². The summed E-state index contributed by atoms with van der Waals surface area (Å²) in [5, 5.41) is -0.355. The van der Waals surface area contributed by atoms with Gasteiger partial charge in [-0.1, -0.05) is 36.4 Å². The Hall–Kier alpha value is -2.09. The number of ether oxygens (including phenoxy) is 2. The minimum atomic E-state index is -3.09. The fourth-order valence-corrected chi connectivity index (χ4v) is 9.01. The van der Waals surface area contributed by atoms with Crippen LogP contribution in [0.15, 0.2) is 48.5 Å². The second kappa shape index (κ2) is 9.75. The second-order valence-corrected chi connectivity index (χ2v) is 13.2. The zero-order valence-electron chi connectivity index (χ0n) is 20.3. The Labute approximate surface area is 209 Å². The topological polar surface area (TPSA) is 59.1 Å². The summed E-state index contributed by atoms with van der Waals surface area (Å²) in [7, 11) is -3.09. The quantitative estimate of drug-likeness (QED) is 0.610. The summed E-state index contributed by atoms with van der Waals surface area (Å²) in [5.41, 5.74) is 2.46. The molecule has 2 aromatic rings. The first-order valence-electron chi connectivity index (χ1n) is 13.2. The first-order valence-corrected chi connectivity index (χ1v) is 14.8. The molecule has 2 heterocycles. The Morgan fingerprint density at radius 3 is 1.43 bits per heavy atom. The lowest BCUT2D eigenvalue weighted by molar-refractivity contribution is 0.0395. The van der Waals surface area contributed by atoms with Crippen molar-refractivity contribution in [2.24, 2.45) is 0 Å². The molecule has 2 aliphatic carbocycles. The molecule has 2 saturated carbocycles. The van der Waals surface area contributed by atoms with Crippen molar-refractivity contribution in [2.45, 2.75) is 87.0 Å². The molecule has 0 radical (unpaired) electrons. The summed E-state index contributed by atoms with van der Waals surface area (Å²) >= 11 is 0. The average molecular weight is 497 g/mol. The van der Waals surface area contributed by atoms with Gasteiger partial charge in [0.2, 0.25) is 0 Å². The van der Waals surface area contributed by atoms with Gasteiger partial charge in [0.15, 0.2) is 9.84 Å². The maximum Gasteiger partial charge on any atom is 0.156 e. The van der Waals surface area contributed by atoms with E-state index in [9.17, 15) is 8.42 Å². The van der Waals surface area contributed by atoms with Crippen LogP contribution < -0.4 is 9.47 Å². The lowest BCUT2D eigenvalue weighted by Gasteiger charge is -2.41. The van der Waals surface area contributed by atoms with Gasteiger partial charge in [-0.25, -0.2) is 8.42 Å². The normalized spacial score (nSPS) is 29.9. The van der Waals surface area contributed by atoms with Crippen LogP contribution in [0.2, 0.25) is 0 Å². The van der Waals surface area contributed by atoms with E-state index in [4.69, 9.17) is 9.47 Å². The molecular weight excluding hydrogens is 460 g/mol. The van der Waals surface area contributed by atoms with Crippen molar-refractivity contribution >= 4 is 9.84 Å². The third-order valence-electron chi connectivity index (χ3n) is 8.71. The van der Waals surface area contributed by atoms with Gasteiger partial charge in [-0.15, -0.1) is 0 Å². The predicted molar refractivity (Wildman–Crippen MR) is 136 cm³/mol. The Morgan fingerprint density at radius 1 is 0.600 bits per heavy atom. The molecule has 35 heavy (non-hydrogen) atoms. The summed E-state index contributed by atoms with van der Waals surface area (Å²) in [6, 6.07) is 17.3. The minimum Gasteiger partial charge on any atom is -0.478 e. The van der Waals surface area contributed by atoms with Gasteiger partial charge in [-0.3, -0.25) is 9.80 Å². The summed E-state index contributed by atoms with van der Waals surface area (Å²) < 4.78 is 39.0. The number of fused-ring (bicyclic) bond motifs is 2. The molecule has 188 valence electrons. The van der Waals surface area contributed by atoms with Gasteiger partial charge < -0.3 is 9.47 Å². The number of hydrogen-bond acceptors (Lipinski definition) is 6. The van der Waals surface area contributed by atoms with Crippen LogP contribution in [0, 0.1) is 0 Å². The largest absolute Gasteiger partial charge is 0.478 e. The van der Waals surface area contributed by atoms with Gasteiger partial charge in [0.05, 0.1) is 10.5 Å². The van der Waals surface area contributed by atoms with Crippen LogP contribution in [0.3, 0.4) is 0 Å². The molecule has 6 rings (SSSR count). The molecule has 6 nitrogen and oxygen atoms in total. The molecule has 7 heteroatoms. The van der Waals surface area contributed by atoms with Crippen molar-refractivity contribution in [3.63, 3.8) is 0 Å². The fraction of sp³-hybridized carbons (Fsp3) is 0.571. The van der Waals surface area contributed by atoms with Crippen molar-refractivity contribution in [2.75, 3.05) is 13.5 Å². The first-order chi connectivity index (χ1) is 17.1. The van der Waals surface area contributed by atoms with Gasteiger partial charge in [0.1, 0.15) is 25.0 Å². The van der Waals surface area contributed by atoms with E-state index in [1.165, 1.54) is 11.1 Å². The lowest BCUT2D eigenvalue weighted by atomic mass is 9.93. The summed E-state index contributed by atoms with van der Waals surface area (Å²) in [5.74, 6) is 1.96. The van der Waals surface area contributed by atoms with Crippen LogP contribution in [-0.2, 0) is 22.9 Å². The van der Waals surface area contributed by atoms with Gasteiger partial charge in [0, 0.05) is 36.3 Å². The molecule has 0 atom stereocenters. The van der Waals surface area contributed by atoms with Crippen molar-refractivity contribution in [1.82, 2.24) is 9.80 Å². The molecule has 0 N–H and O–H groups in total. The molecule has 2 aromatic carbocycles. The van der Waals surface area contributed by atoms with Crippen LogP contribution in [-0.4, -0.2) is 54.3 Å². The van der Waals surface area contributed by atoms with Gasteiger partial charge in [-0.05, 0) is 63.5 Å². The van der Waals surface area contributed by atoms with E-state index in [-0.39, 0.29) is 10.5 Å². The smallest absolute Gasteiger partial charge is 0.156 e. The third kappa shape index (κ3) is 4.70. The van der Waals surface area contributed by atoms with E-state index in [0.29, 0.717) is 25.5 Å². The molecule has 0 amide bonds. The van der Waals surface area contributed by atoms with E-state index < -0.39 is 9.84 Å². The molecule has 2 fully saturated rings. The average Bonchev–Trinajstić information content (AvgIpc) is 2.92. The highest BCUT2D eigenvalue weighted by Gasteiger charge is 2.40. The Morgan fingerprint density at radius 2 is 1.00 bits per heavy atom. The molecule has 0 bridgehead atoms. The number of sulfone groups is 1. The fourth-order valence-electron chi connectivity index (χ4n) is 6.60. The van der Waals surface area contributed by atoms with Crippen molar-refractivity contribution < 1.29 is 17.9 Å². The van der Waals surface area contributed by atoms with Gasteiger partial charge in [-0.2, -0.15) is 0 Å². The van der Waals surface area contributed by atoms with Crippen molar-refractivity contribution in [3.05, 3.63) is 59.7 Å². The Bertz CT molecular complexity index is 1050. The first kappa shape index (κ1) is 23.3. The van der Waals surface area contributed by atoms with Crippen LogP contribution in [0.4, 0.5) is 0 Å². The molecule has 0 spiro atoms. The van der Waals surface area contributed by atoms with Gasteiger partial charge in [0.25, 0.3) is 0 Å². The van der Waals surface area contributed by atoms with Gasteiger partial charge >= 0.3 is 0 Å². The highest BCUT2D eigenvalue weighted by atomic mass is 32.2. The van der Waals surface area contributed by atoms with Crippen LogP contribution in [0.25, 0.3) is 0 Å². The molecule has 0 aromatic heterocycles. The zero-order chi connectivity index (χ0) is 23.8. The molecule has 2 aliphatic heterocycles. The van der Waals surface area contributed by atoms with E-state index >= 15 is 0 Å². The molecule has 0 unspecified atom stereocenters. The van der Waals surface area contributed by atoms with E-state index in [1.807, 2.05) is 24.3 Å². The zero-order valence-corrected chi connectivity index (χ0v) is 21.2. The summed E-state index contributed by atoms with van der Waals surface area (Å²) in [6.07, 6.45) is 6.88. The minimum absolute atomic E-state index is 0.177. The SMILES string of the molecule is O=S(=O)(C1CCC(N2COc3ccccc3C2)CC1)C1CCC(N2COc3ccccc3C2)CC1. The van der Waals surface area contributed by atoms with Crippen LogP contribution in [0.5, 0.6) is 11.5 Å². The molecular formula is C28H36N2O4S. The second-order valence-electron chi connectivity index (χ2n) is 10.7. The maximum atomic E-state index is 13.6. The highest BCUT2D eigenvalue weighted by molar-refractivity contribution is 7.92.